The summed E-state index contributed by atoms with van der Waals surface area (Å²) in [6, 6.07) is 0. The minimum atomic E-state index is -2.34. The normalized spacial score (nSPS) is 16.2. The molecule has 0 bridgehead atoms. The smallest absolute Gasteiger partial charge is 0.342 e. The molecule has 13 nitrogen and oxygen atoms in total. The average Bonchev–Trinajstić information content (AvgIpc) is 2.91. The van der Waals surface area contributed by atoms with Gasteiger partial charge in [0.25, 0.3) is 5.79 Å². The van der Waals surface area contributed by atoms with E-state index in [1.54, 1.807) is 48.5 Å². The number of hydrogen-bond donors (Lipinski definition) is 2. The van der Waals surface area contributed by atoms with Crippen molar-refractivity contribution in [1.82, 2.24) is 0 Å². The first-order valence-corrected chi connectivity index (χ1v) is 14.5. The molecule has 13 heteroatoms. The monoisotopic (exact) mass is 598 g/mol. The van der Waals surface area contributed by atoms with Crippen LogP contribution >= 0.6 is 0 Å². The number of ether oxygens (including phenoxy) is 9. The van der Waals surface area contributed by atoms with E-state index in [1.807, 2.05) is 0 Å². The van der Waals surface area contributed by atoms with Crippen LogP contribution in [0.4, 0.5) is 0 Å². The van der Waals surface area contributed by atoms with Crippen LogP contribution in [0, 0.1) is 5.41 Å². The second kappa shape index (κ2) is 19.7. The third-order valence-electron chi connectivity index (χ3n) is 6.51. The van der Waals surface area contributed by atoms with Crippen molar-refractivity contribution in [1.29, 1.82) is 0 Å². The van der Waals surface area contributed by atoms with Gasteiger partial charge in [-0.3, -0.25) is 9.59 Å². The van der Waals surface area contributed by atoms with Crippen LogP contribution in [-0.2, 0) is 52.2 Å². The third-order valence-corrected chi connectivity index (χ3v) is 6.51. The lowest BCUT2D eigenvalue weighted by molar-refractivity contribution is -0.529. The Morgan fingerprint density at radius 1 is 0.634 bits per heavy atom. The second-order valence-corrected chi connectivity index (χ2v) is 8.86. The summed E-state index contributed by atoms with van der Waals surface area (Å²) >= 11 is 0. The third kappa shape index (κ3) is 8.80. The first kappa shape index (κ1) is 39.6. The Balaban J connectivity index is 7.96. The Labute approximate surface area is 245 Å². The minimum absolute atomic E-state index is 0.0394. The summed E-state index contributed by atoms with van der Waals surface area (Å²) in [5.41, 5.74) is -2.26. The van der Waals surface area contributed by atoms with Crippen LogP contribution < -0.4 is 0 Å². The Bertz CT molecular complexity index is 700. The van der Waals surface area contributed by atoms with Crippen LogP contribution in [0.1, 0.15) is 80.6 Å². The highest BCUT2D eigenvalue weighted by Crippen LogP contribution is 2.55. The van der Waals surface area contributed by atoms with Crippen molar-refractivity contribution in [3.8, 4) is 0 Å². The summed E-state index contributed by atoms with van der Waals surface area (Å²) < 4.78 is 54.9. The topological polar surface area (TPSA) is 158 Å². The molecule has 0 aromatic rings. The molecular weight excluding hydrogens is 544 g/mol. The molecule has 244 valence electrons. The molecular formula is C28H54O13. The second-order valence-electron chi connectivity index (χ2n) is 8.86. The Morgan fingerprint density at radius 2 is 1.07 bits per heavy atom. The van der Waals surface area contributed by atoms with E-state index in [4.69, 9.17) is 47.7 Å². The van der Waals surface area contributed by atoms with Crippen LogP contribution in [-0.4, -0.2) is 106 Å². The van der Waals surface area contributed by atoms with Crippen molar-refractivity contribution in [3.63, 3.8) is 0 Å². The van der Waals surface area contributed by atoms with E-state index in [0.29, 0.717) is 12.8 Å². The van der Waals surface area contributed by atoms with Crippen LogP contribution in [0.2, 0.25) is 0 Å². The predicted molar refractivity (Wildman–Crippen MR) is 148 cm³/mol. The zero-order chi connectivity index (χ0) is 31.6. The lowest BCUT2D eigenvalue weighted by atomic mass is 9.67. The number of methoxy groups -OCH3 is 2. The molecule has 0 aliphatic carbocycles. The highest BCUT2D eigenvalue weighted by molar-refractivity contribution is 5.77. The fraction of sp³-hybridized carbons (Fsp3) is 0.929. The zero-order valence-electron chi connectivity index (χ0n) is 26.4. The fourth-order valence-corrected chi connectivity index (χ4v) is 5.33. The van der Waals surface area contributed by atoms with Crippen LogP contribution in [0.5, 0.6) is 0 Å². The molecule has 3 atom stereocenters. The van der Waals surface area contributed by atoms with E-state index in [1.165, 1.54) is 14.2 Å². The number of unbranched alkanes of at least 4 members (excludes halogenated alkanes) is 2. The van der Waals surface area contributed by atoms with Gasteiger partial charge in [0, 0.05) is 66.9 Å². The van der Waals surface area contributed by atoms with Crippen molar-refractivity contribution in [2.45, 2.75) is 104 Å². The van der Waals surface area contributed by atoms with Gasteiger partial charge in [-0.25, -0.2) is 0 Å². The fourth-order valence-electron chi connectivity index (χ4n) is 5.33. The lowest BCUT2D eigenvalue weighted by Crippen LogP contribution is -2.78. The molecule has 0 heterocycles. The summed E-state index contributed by atoms with van der Waals surface area (Å²) in [5, 5.41) is 20.5. The van der Waals surface area contributed by atoms with Crippen molar-refractivity contribution < 1.29 is 62.4 Å². The van der Waals surface area contributed by atoms with Gasteiger partial charge < -0.3 is 52.8 Å². The number of rotatable bonds is 27. The first-order chi connectivity index (χ1) is 19.5. The summed E-state index contributed by atoms with van der Waals surface area (Å²) in [6.45, 7) is 12.2. The quantitative estimate of drug-likeness (QED) is 0.103. The summed E-state index contributed by atoms with van der Waals surface area (Å²) in [7, 11) is 2.59. The summed E-state index contributed by atoms with van der Waals surface area (Å²) in [6.07, 6.45) is -0.899. The molecule has 0 aromatic carbocycles. The van der Waals surface area contributed by atoms with Gasteiger partial charge in [-0.2, -0.15) is 0 Å². The molecule has 0 aromatic heterocycles. The van der Waals surface area contributed by atoms with Crippen molar-refractivity contribution in [3.05, 3.63) is 0 Å². The number of carboxylic acid groups (broad SMARTS) is 2. The van der Waals surface area contributed by atoms with Crippen molar-refractivity contribution in [2.75, 3.05) is 60.5 Å². The van der Waals surface area contributed by atoms with Crippen LogP contribution in [0.25, 0.3) is 0 Å². The number of carbonyl (C=O) groups is 2. The molecule has 0 rings (SSSR count). The molecule has 0 aliphatic heterocycles. The van der Waals surface area contributed by atoms with E-state index in [-0.39, 0.29) is 65.5 Å². The summed E-state index contributed by atoms with van der Waals surface area (Å²) in [4.78, 5) is 25.1. The molecule has 41 heavy (non-hydrogen) atoms. The molecule has 0 saturated heterocycles. The molecule has 2 N–H and O–H groups in total. The van der Waals surface area contributed by atoms with Gasteiger partial charge in [-0.1, -0.05) is 12.8 Å². The van der Waals surface area contributed by atoms with Gasteiger partial charge in [-0.05, 0) is 61.3 Å². The molecule has 0 spiro atoms. The van der Waals surface area contributed by atoms with E-state index >= 15 is 0 Å². The highest BCUT2D eigenvalue weighted by Gasteiger charge is 2.78. The van der Waals surface area contributed by atoms with Gasteiger partial charge in [0.15, 0.2) is 11.5 Å². The van der Waals surface area contributed by atoms with Crippen molar-refractivity contribution in [2.24, 2.45) is 5.41 Å². The standard InChI is InChI=1S/C28H54O13/c1-10-35-26(36-11-2,37-12-3)23(33-8)25(24(31)32,21-19-17-18-20-22(29)30)27(34-9,38-13-4)28(39-14-5,40-15-6)41-16-7/h23H,10-21H2,1-9H3,(H,29,30)(H,31,32). The SMILES string of the molecule is CCOC(OCC)(OCC)C(OC)C(CCCCCC(=O)O)(C(=O)O)C(OC)(OCC)C(OCC)(OCC)OCC. The van der Waals surface area contributed by atoms with E-state index in [9.17, 15) is 14.7 Å². The maximum Gasteiger partial charge on any atom is 0.342 e. The van der Waals surface area contributed by atoms with Gasteiger partial charge in [-0.15, -0.1) is 0 Å². The Hall–Kier alpha value is -1.42. The average molecular weight is 599 g/mol. The Kier molecular flexibility index (Phi) is 19.0. The van der Waals surface area contributed by atoms with Gasteiger partial charge in [0.1, 0.15) is 0 Å². The largest absolute Gasteiger partial charge is 0.481 e. The molecule has 0 saturated carbocycles. The van der Waals surface area contributed by atoms with E-state index < -0.39 is 41.2 Å². The number of aliphatic carboxylic acids is 2. The maximum atomic E-state index is 13.9. The first-order valence-electron chi connectivity index (χ1n) is 14.5. The van der Waals surface area contributed by atoms with Crippen LogP contribution in [0.15, 0.2) is 0 Å². The lowest BCUT2D eigenvalue weighted by Gasteiger charge is -2.57. The zero-order valence-corrected chi connectivity index (χ0v) is 26.4. The minimum Gasteiger partial charge on any atom is -0.481 e. The molecule has 0 aliphatic rings. The molecule has 0 fully saturated rings. The summed E-state index contributed by atoms with van der Waals surface area (Å²) in [5.74, 6) is -8.94. The molecule has 0 amide bonds. The van der Waals surface area contributed by atoms with Gasteiger partial charge >= 0.3 is 23.9 Å². The number of hydrogen-bond acceptors (Lipinski definition) is 11. The van der Waals surface area contributed by atoms with Gasteiger partial charge in [0.05, 0.1) is 0 Å². The maximum absolute atomic E-state index is 13.9. The molecule has 0 radical (unpaired) electrons. The van der Waals surface area contributed by atoms with E-state index in [0.717, 1.165) is 0 Å². The number of carboxylic acids is 2. The van der Waals surface area contributed by atoms with Gasteiger partial charge in [0.2, 0.25) is 0 Å². The predicted octanol–water partition coefficient (Wildman–Crippen LogP) is 4.01. The van der Waals surface area contributed by atoms with Crippen LogP contribution in [0.3, 0.4) is 0 Å². The Morgan fingerprint density at radius 3 is 1.39 bits per heavy atom. The highest BCUT2D eigenvalue weighted by atomic mass is 16.9. The van der Waals surface area contributed by atoms with E-state index in [2.05, 4.69) is 0 Å². The molecule has 3 unspecified atom stereocenters. The van der Waals surface area contributed by atoms with Crippen molar-refractivity contribution >= 4 is 11.9 Å².